The van der Waals surface area contributed by atoms with Crippen molar-refractivity contribution in [1.29, 1.82) is 0 Å². The van der Waals surface area contributed by atoms with Gasteiger partial charge in [0.25, 0.3) is 0 Å². The fourth-order valence-electron chi connectivity index (χ4n) is 4.15. The van der Waals surface area contributed by atoms with Crippen LogP contribution in [0.5, 0.6) is 0 Å². The van der Waals surface area contributed by atoms with E-state index in [-0.39, 0.29) is 0 Å². The summed E-state index contributed by atoms with van der Waals surface area (Å²) in [7, 11) is 4.08. The van der Waals surface area contributed by atoms with E-state index in [0.29, 0.717) is 6.54 Å². The Bertz CT molecular complexity index is 909. The highest BCUT2D eigenvalue weighted by Gasteiger charge is 2.45. The third kappa shape index (κ3) is 2.55. The molecule has 1 aliphatic heterocycles. The molecule has 1 fully saturated rings. The van der Waals surface area contributed by atoms with E-state index in [1.165, 1.54) is 0 Å². The van der Waals surface area contributed by atoms with E-state index in [9.17, 15) is 5.11 Å². The van der Waals surface area contributed by atoms with Gasteiger partial charge in [-0.05, 0) is 39.1 Å². The van der Waals surface area contributed by atoms with Crippen LogP contribution in [0, 0.1) is 6.92 Å². The number of piperidine rings is 1. The summed E-state index contributed by atoms with van der Waals surface area (Å²) in [5, 5.41) is 23.8. The van der Waals surface area contributed by atoms with Crippen molar-refractivity contribution in [3.63, 3.8) is 0 Å². The van der Waals surface area contributed by atoms with E-state index in [0.717, 1.165) is 35.6 Å². The van der Waals surface area contributed by atoms with Gasteiger partial charge < -0.3 is 10.0 Å². The molecule has 1 saturated heterocycles. The molecule has 1 aromatic carbocycles. The number of aliphatic hydroxyl groups is 1. The van der Waals surface area contributed by atoms with Crippen molar-refractivity contribution < 1.29 is 5.11 Å². The Morgan fingerprint density at radius 1 is 1.23 bits per heavy atom. The summed E-state index contributed by atoms with van der Waals surface area (Å²) in [5.41, 5.74) is 3.34. The fourth-order valence-corrected chi connectivity index (χ4v) is 4.15. The maximum absolute atomic E-state index is 11.2. The van der Waals surface area contributed by atoms with Gasteiger partial charge in [-0.25, -0.2) is 0 Å². The van der Waals surface area contributed by atoms with Crippen LogP contribution in [0.1, 0.15) is 17.7 Å². The van der Waals surface area contributed by atoms with E-state index in [1.807, 2.05) is 45.3 Å². The fraction of sp³-hybridized carbons (Fsp3) is 0.421. The highest BCUT2D eigenvalue weighted by molar-refractivity contribution is 5.68. The highest BCUT2D eigenvalue weighted by atomic mass is 16.3. The van der Waals surface area contributed by atoms with Crippen LogP contribution in [0.25, 0.3) is 5.65 Å². The quantitative estimate of drug-likeness (QED) is 0.770. The zero-order chi connectivity index (χ0) is 18.3. The molecule has 26 heavy (non-hydrogen) atoms. The van der Waals surface area contributed by atoms with Crippen LogP contribution < -0.4 is 4.90 Å². The minimum Gasteiger partial charge on any atom is -0.389 e. The van der Waals surface area contributed by atoms with E-state index < -0.39 is 11.6 Å². The first-order valence-corrected chi connectivity index (χ1v) is 8.86. The Hall–Kier alpha value is -2.51. The van der Waals surface area contributed by atoms with E-state index in [2.05, 4.69) is 37.2 Å². The molecule has 0 spiro atoms. The molecule has 1 aliphatic rings. The average Bonchev–Trinajstić information content (AvgIpc) is 3.09. The number of nitrogens with zero attached hydrogens (tertiary/aromatic N) is 6. The van der Waals surface area contributed by atoms with Gasteiger partial charge in [-0.15, -0.1) is 10.2 Å². The molecule has 0 aliphatic carbocycles. The van der Waals surface area contributed by atoms with Crippen LogP contribution in [0.2, 0.25) is 0 Å². The van der Waals surface area contributed by atoms with Crippen LogP contribution in [0.15, 0.2) is 42.7 Å². The van der Waals surface area contributed by atoms with Gasteiger partial charge in [0, 0.05) is 13.1 Å². The van der Waals surface area contributed by atoms with Crippen LogP contribution in [-0.2, 0) is 5.54 Å². The Kier molecular flexibility index (Phi) is 4.13. The van der Waals surface area contributed by atoms with Gasteiger partial charge >= 0.3 is 0 Å². The number of fused-ring (bicyclic) bond motifs is 1. The van der Waals surface area contributed by atoms with Gasteiger partial charge in [-0.1, -0.05) is 30.3 Å². The topological polar surface area (TPSA) is 69.8 Å². The minimum absolute atomic E-state index is 0.399. The molecule has 136 valence electrons. The standard InChI is InChI=1S/C19H24N6O/c1-14-11-16(18-21-20-13-25(18)22-14)24-10-9-19(23(2)3,17(26)12-24)15-7-5-4-6-8-15/h4-8,11,13,17,26H,9-10,12H2,1-3H3/t17-,19+/m0/s1. The highest BCUT2D eigenvalue weighted by Crippen LogP contribution is 2.39. The van der Waals surface area contributed by atoms with Gasteiger partial charge in [0.1, 0.15) is 6.33 Å². The first-order valence-electron chi connectivity index (χ1n) is 8.86. The Balaban J connectivity index is 1.70. The molecule has 2 aromatic heterocycles. The molecule has 0 saturated carbocycles. The van der Waals surface area contributed by atoms with Crippen LogP contribution >= 0.6 is 0 Å². The van der Waals surface area contributed by atoms with Crippen molar-refractivity contribution in [2.24, 2.45) is 0 Å². The second-order valence-electron chi connectivity index (χ2n) is 7.17. The molecule has 0 amide bonds. The molecule has 2 atom stereocenters. The number of anilines is 1. The van der Waals surface area contributed by atoms with Crippen LogP contribution in [0.3, 0.4) is 0 Å². The summed E-state index contributed by atoms with van der Waals surface area (Å²) < 4.78 is 1.70. The lowest BCUT2D eigenvalue weighted by Gasteiger charge is -2.50. The summed E-state index contributed by atoms with van der Waals surface area (Å²) >= 11 is 0. The van der Waals surface area contributed by atoms with Gasteiger partial charge in [0.15, 0.2) is 0 Å². The SMILES string of the molecule is Cc1cc(N2CC[C@](c3ccccc3)(N(C)C)[C@@H](O)C2)c2nncn2n1. The molecule has 0 radical (unpaired) electrons. The Morgan fingerprint density at radius 2 is 2.00 bits per heavy atom. The maximum Gasteiger partial charge on any atom is 0.200 e. The van der Waals surface area contributed by atoms with Gasteiger partial charge in [0.2, 0.25) is 5.65 Å². The molecule has 3 aromatic rings. The average molecular weight is 352 g/mol. The smallest absolute Gasteiger partial charge is 0.200 e. The molecule has 0 unspecified atom stereocenters. The van der Waals surface area contributed by atoms with Gasteiger partial charge in [-0.2, -0.15) is 9.61 Å². The van der Waals surface area contributed by atoms with Crippen molar-refractivity contribution >= 4 is 11.3 Å². The number of hydrogen-bond acceptors (Lipinski definition) is 6. The maximum atomic E-state index is 11.2. The van der Waals surface area contributed by atoms with Gasteiger partial charge in [0.05, 0.1) is 23.0 Å². The van der Waals surface area contributed by atoms with Crippen LogP contribution in [-0.4, -0.2) is 63.1 Å². The number of rotatable bonds is 3. The number of aliphatic hydroxyl groups excluding tert-OH is 1. The molecular formula is C19H24N6O. The van der Waals surface area contributed by atoms with Crippen molar-refractivity contribution in [3.05, 3.63) is 54.0 Å². The lowest BCUT2D eigenvalue weighted by atomic mass is 9.77. The Morgan fingerprint density at radius 3 is 2.69 bits per heavy atom. The molecular weight excluding hydrogens is 328 g/mol. The number of hydrogen-bond donors (Lipinski definition) is 1. The third-order valence-electron chi connectivity index (χ3n) is 5.49. The van der Waals surface area contributed by atoms with Gasteiger partial charge in [-0.3, -0.25) is 4.90 Å². The number of likely N-dealkylation sites (N-methyl/N-ethyl adjacent to an activating group) is 1. The van der Waals surface area contributed by atoms with E-state index in [1.54, 1.807) is 10.8 Å². The largest absolute Gasteiger partial charge is 0.389 e. The molecule has 3 heterocycles. The summed E-state index contributed by atoms with van der Waals surface area (Å²) in [6.45, 7) is 3.30. The second kappa shape index (κ2) is 6.34. The zero-order valence-corrected chi connectivity index (χ0v) is 15.4. The lowest BCUT2D eigenvalue weighted by Crippen LogP contribution is -2.60. The lowest BCUT2D eigenvalue weighted by molar-refractivity contribution is -0.0245. The van der Waals surface area contributed by atoms with E-state index >= 15 is 0 Å². The molecule has 7 heteroatoms. The Labute approximate surface area is 152 Å². The summed E-state index contributed by atoms with van der Waals surface area (Å²) in [6, 6.07) is 12.3. The number of β-amino-alcohol motifs (C(OH)–C–C–N with tert-alkyl or cyclic N) is 1. The molecule has 7 nitrogen and oxygen atoms in total. The third-order valence-corrected chi connectivity index (χ3v) is 5.49. The zero-order valence-electron chi connectivity index (χ0n) is 15.4. The summed E-state index contributed by atoms with van der Waals surface area (Å²) in [6.07, 6.45) is 1.89. The molecule has 4 rings (SSSR count). The minimum atomic E-state index is -0.537. The summed E-state index contributed by atoms with van der Waals surface area (Å²) in [4.78, 5) is 4.34. The number of aryl methyl sites for hydroxylation is 1. The van der Waals surface area contributed by atoms with Crippen molar-refractivity contribution in [1.82, 2.24) is 24.7 Å². The van der Waals surface area contributed by atoms with Crippen LogP contribution in [0.4, 0.5) is 5.69 Å². The summed E-state index contributed by atoms with van der Waals surface area (Å²) in [5.74, 6) is 0. The predicted octanol–water partition coefficient (Wildman–Crippen LogP) is 1.46. The van der Waals surface area contributed by atoms with E-state index in [4.69, 9.17) is 0 Å². The monoisotopic (exact) mass is 352 g/mol. The molecule has 1 N–H and O–H groups in total. The predicted molar refractivity (Wildman–Crippen MR) is 100 cm³/mol. The first-order chi connectivity index (χ1) is 12.5. The van der Waals surface area contributed by atoms with Crippen molar-refractivity contribution in [2.45, 2.75) is 25.0 Å². The van der Waals surface area contributed by atoms with Crippen molar-refractivity contribution in [3.8, 4) is 0 Å². The number of benzene rings is 1. The molecule has 0 bridgehead atoms. The number of aromatic nitrogens is 4. The van der Waals surface area contributed by atoms with Crippen molar-refractivity contribution in [2.75, 3.05) is 32.1 Å². The normalized spacial score (nSPS) is 23.7. The second-order valence-corrected chi connectivity index (χ2v) is 7.17. The first kappa shape index (κ1) is 16.9.